The van der Waals surface area contributed by atoms with Crippen LogP contribution < -0.4 is 0 Å². The monoisotopic (exact) mass is 238 g/mol. The highest BCUT2D eigenvalue weighted by Crippen LogP contribution is 2.36. The lowest BCUT2D eigenvalue weighted by atomic mass is 9.56. The number of hydrogen-bond donors (Lipinski definition) is 0. The summed E-state index contributed by atoms with van der Waals surface area (Å²) >= 11 is 0. The van der Waals surface area contributed by atoms with E-state index in [1.807, 2.05) is 0 Å². The summed E-state index contributed by atoms with van der Waals surface area (Å²) in [6.45, 7) is 17.6. The zero-order valence-electron chi connectivity index (χ0n) is 13.2. The summed E-state index contributed by atoms with van der Waals surface area (Å²) in [6, 6.07) is 0. The van der Waals surface area contributed by atoms with Gasteiger partial charge in [0.1, 0.15) is 0 Å². The molecule has 0 N–H and O–H groups in total. The maximum atomic E-state index is 12.4. The maximum absolute atomic E-state index is 12.4. The third-order valence-electron chi connectivity index (χ3n) is 3.22. The van der Waals surface area contributed by atoms with Gasteiger partial charge in [0, 0.05) is 5.92 Å². The van der Waals surface area contributed by atoms with Crippen LogP contribution in [-0.2, 0) is 4.79 Å². The SMILES string of the molecule is CC(C)CBC(=O)C(CC(C)(C)C)C(C)(C)C. The van der Waals surface area contributed by atoms with Crippen molar-refractivity contribution in [3.05, 3.63) is 0 Å². The lowest BCUT2D eigenvalue weighted by Gasteiger charge is -2.35. The minimum atomic E-state index is 0.0847. The largest absolute Gasteiger partial charge is 0.311 e. The van der Waals surface area contributed by atoms with Crippen molar-refractivity contribution in [2.45, 2.75) is 68.1 Å². The van der Waals surface area contributed by atoms with E-state index in [-0.39, 0.29) is 16.7 Å². The van der Waals surface area contributed by atoms with Gasteiger partial charge in [0.15, 0.2) is 0 Å². The zero-order valence-corrected chi connectivity index (χ0v) is 13.2. The molecule has 0 aliphatic heterocycles. The van der Waals surface area contributed by atoms with Crippen molar-refractivity contribution < 1.29 is 4.79 Å². The van der Waals surface area contributed by atoms with Crippen LogP contribution >= 0.6 is 0 Å². The maximum Gasteiger partial charge on any atom is 0.206 e. The Hall–Kier alpha value is -0.265. The van der Waals surface area contributed by atoms with E-state index in [4.69, 9.17) is 0 Å². The van der Waals surface area contributed by atoms with E-state index in [1.54, 1.807) is 0 Å². The van der Waals surface area contributed by atoms with Gasteiger partial charge in [-0.05, 0) is 17.3 Å². The molecule has 0 heterocycles. The predicted molar refractivity (Wildman–Crippen MR) is 78.8 cm³/mol. The van der Waals surface area contributed by atoms with Gasteiger partial charge in [-0.25, -0.2) is 0 Å². The molecule has 0 aromatic rings. The molecule has 100 valence electrons. The molecule has 0 aliphatic rings. The van der Waals surface area contributed by atoms with E-state index in [1.165, 1.54) is 0 Å². The van der Waals surface area contributed by atoms with Crippen LogP contribution in [0.2, 0.25) is 6.32 Å². The molecule has 0 bridgehead atoms. The molecule has 1 unspecified atom stereocenters. The van der Waals surface area contributed by atoms with E-state index in [0.717, 1.165) is 20.0 Å². The second kappa shape index (κ2) is 6.06. The van der Waals surface area contributed by atoms with Gasteiger partial charge in [-0.2, -0.15) is 0 Å². The Morgan fingerprint density at radius 2 is 1.53 bits per heavy atom. The average molecular weight is 238 g/mol. The van der Waals surface area contributed by atoms with E-state index in [9.17, 15) is 4.79 Å². The molecule has 2 heteroatoms. The molecule has 1 nitrogen and oxygen atoms in total. The van der Waals surface area contributed by atoms with Crippen LogP contribution in [-0.4, -0.2) is 13.0 Å². The number of carbonyl (C=O) groups excluding carboxylic acids is 1. The van der Waals surface area contributed by atoms with Gasteiger partial charge in [0.05, 0.1) is 5.68 Å². The van der Waals surface area contributed by atoms with Gasteiger partial charge in [-0.15, -0.1) is 0 Å². The summed E-state index contributed by atoms with van der Waals surface area (Å²) in [5.74, 6) is 0.815. The molecule has 0 fully saturated rings. The highest BCUT2D eigenvalue weighted by atomic mass is 16.1. The Morgan fingerprint density at radius 1 is 1.06 bits per heavy atom. The zero-order chi connectivity index (χ0) is 13.9. The molecule has 0 amide bonds. The Morgan fingerprint density at radius 3 is 1.82 bits per heavy atom. The van der Waals surface area contributed by atoms with Crippen molar-refractivity contribution >= 4 is 13.0 Å². The van der Waals surface area contributed by atoms with Gasteiger partial charge >= 0.3 is 0 Å². The molecule has 0 rings (SSSR count). The lowest BCUT2D eigenvalue weighted by Crippen LogP contribution is -2.35. The van der Waals surface area contributed by atoms with Gasteiger partial charge in [-0.3, -0.25) is 0 Å². The quantitative estimate of drug-likeness (QED) is 0.658. The van der Waals surface area contributed by atoms with Crippen LogP contribution in [0.3, 0.4) is 0 Å². The molecule has 0 radical (unpaired) electrons. The molecule has 0 aromatic carbocycles. The van der Waals surface area contributed by atoms with Gasteiger partial charge in [0.25, 0.3) is 0 Å². The van der Waals surface area contributed by atoms with Crippen molar-refractivity contribution in [3.8, 4) is 0 Å². The van der Waals surface area contributed by atoms with Gasteiger partial charge in [0.2, 0.25) is 7.28 Å². The third kappa shape index (κ3) is 7.62. The molecule has 0 aromatic heterocycles. The fraction of sp³-hybridized carbons (Fsp3) is 0.933. The molecular weight excluding hydrogens is 207 g/mol. The van der Waals surface area contributed by atoms with Crippen molar-refractivity contribution in [1.29, 1.82) is 0 Å². The molecule has 0 aliphatic carbocycles. The van der Waals surface area contributed by atoms with Crippen LogP contribution in [0.5, 0.6) is 0 Å². The number of hydrogen-bond acceptors (Lipinski definition) is 1. The van der Waals surface area contributed by atoms with Crippen molar-refractivity contribution in [2.24, 2.45) is 22.7 Å². The third-order valence-corrected chi connectivity index (χ3v) is 3.22. The molecule has 1 atom stereocenters. The predicted octanol–water partition coefficient (Wildman–Crippen LogP) is 4.12. The van der Waals surface area contributed by atoms with Crippen LogP contribution in [0.1, 0.15) is 61.8 Å². The molecule has 0 saturated carbocycles. The van der Waals surface area contributed by atoms with E-state index in [2.05, 4.69) is 55.4 Å². The fourth-order valence-corrected chi connectivity index (χ4v) is 2.12. The normalized spacial score (nSPS) is 14.9. The minimum Gasteiger partial charge on any atom is -0.311 e. The highest BCUT2D eigenvalue weighted by Gasteiger charge is 2.33. The summed E-state index contributed by atoms with van der Waals surface area (Å²) in [7, 11) is 0.746. The van der Waals surface area contributed by atoms with Crippen molar-refractivity contribution in [2.75, 3.05) is 0 Å². The lowest BCUT2D eigenvalue weighted by molar-refractivity contribution is -0.119. The topological polar surface area (TPSA) is 17.1 Å². The van der Waals surface area contributed by atoms with Crippen LogP contribution in [0.15, 0.2) is 0 Å². The molecule has 0 spiro atoms. The summed E-state index contributed by atoms with van der Waals surface area (Å²) in [4.78, 5) is 12.4. The number of carbonyl (C=O) groups is 1. The first-order valence-electron chi connectivity index (χ1n) is 6.96. The van der Waals surface area contributed by atoms with Crippen LogP contribution in [0.4, 0.5) is 0 Å². The van der Waals surface area contributed by atoms with Gasteiger partial charge in [-0.1, -0.05) is 67.6 Å². The average Bonchev–Trinajstić information content (AvgIpc) is 2.07. The Balaban J connectivity index is 4.65. The molecule has 0 saturated heterocycles. The molecular formula is C15H31BO. The summed E-state index contributed by atoms with van der Waals surface area (Å²) in [5, 5.41) is 0. The van der Waals surface area contributed by atoms with Crippen LogP contribution in [0.25, 0.3) is 0 Å². The Labute approximate surface area is 109 Å². The summed E-state index contributed by atoms with van der Waals surface area (Å²) < 4.78 is 0. The smallest absolute Gasteiger partial charge is 0.206 e. The Kier molecular flexibility index (Phi) is 5.97. The summed E-state index contributed by atoms with van der Waals surface area (Å²) in [6.07, 6.45) is 2.02. The second-order valence-electron chi connectivity index (χ2n) is 8.08. The second-order valence-corrected chi connectivity index (χ2v) is 8.08. The first-order chi connectivity index (χ1) is 7.43. The van der Waals surface area contributed by atoms with E-state index in [0.29, 0.717) is 11.6 Å². The highest BCUT2D eigenvalue weighted by molar-refractivity contribution is 6.74. The van der Waals surface area contributed by atoms with E-state index < -0.39 is 0 Å². The van der Waals surface area contributed by atoms with Crippen LogP contribution in [0, 0.1) is 22.7 Å². The van der Waals surface area contributed by atoms with Crippen molar-refractivity contribution in [1.82, 2.24) is 0 Å². The standard InChI is InChI=1S/C15H31BO/c1-11(2)10-16-13(17)12(15(6,7)8)9-14(3,4)5/h11-12,16H,9-10H2,1-8H3. The first-order valence-corrected chi connectivity index (χ1v) is 6.96. The molecule has 17 heavy (non-hydrogen) atoms. The van der Waals surface area contributed by atoms with Gasteiger partial charge < -0.3 is 4.79 Å². The van der Waals surface area contributed by atoms with Crippen molar-refractivity contribution in [3.63, 3.8) is 0 Å². The first kappa shape index (κ1) is 16.7. The fourth-order valence-electron chi connectivity index (χ4n) is 2.12. The number of rotatable bonds is 5. The minimum absolute atomic E-state index is 0.0847. The summed E-state index contributed by atoms with van der Waals surface area (Å²) in [5.41, 5.74) is 0.772. The Bertz CT molecular complexity index is 243. The van der Waals surface area contributed by atoms with E-state index >= 15 is 0 Å².